The number of carbonyl (C=O) groups is 1. The third-order valence-corrected chi connectivity index (χ3v) is 5.75. The zero-order chi connectivity index (χ0) is 15.5. The minimum atomic E-state index is 0.0170. The highest BCUT2D eigenvalue weighted by Crippen LogP contribution is 2.39. The number of nitrogens with one attached hydrogen (secondary N) is 1. The second-order valence-electron chi connectivity index (χ2n) is 5.25. The monoisotopic (exact) mass is 333 g/mol. The maximum absolute atomic E-state index is 12.2. The van der Waals surface area contributed by atoms with Gasteiger partial charge in [0.05, 0.1) is 15.6 Å². The summed E-state index contributed by atoms with van der Waals surface area (Å²) in [7, 11) is 0. The van der Waals surface area contributed by atoms with E-state index < -0.39 is 0 Å². The first kappa shape index (κ1) is 15.4. The van der Waals surface area contributed by atoms with Crippen LogP contribution in [0.15, 0.2) is 35.5 Å². The van der Waals surface area contributed by atoms with Crippen molar-refractivity contribution >= 4 is 39.7 Å². The molecule has 4 nitrogen and oxygen atoms in total. The van der Waals surface area contributed by atoms with E-state index in [0.717, 1.165) is 39.3 Å². The van der Waals surface area contributed by atoms with E-state index in [0.29, 0.717) is 0 Å². The van der Waals surface area contributed by atoms with E-state index in [1.165, 1.54) is 0 Å². The summed E-state index contributed by atoms with van der Waals surface area (Å²) in [5.74, 6) is 1.03. The highest BCUT2D eigenvalue weighted by atomic mass is 32.2. The lowest BCUT2D eigenvalue weighted by molar-refractivity contribution is 0.0943. The maximum atomic E-state index is 12.2. The quantitative estimate of drug-likeness (QED) is 0.921. The molecule has 1 aliphatic rings. The molecule has 1 atom stereocenters. The molecule has 0 aromatic carbocycles. The summed E-state index contributed by atoms with van der Waals surface area (Å²) in [6.07, 6.45) is 2.77. The Kier molecular flexibility index (Phi) is 4.69. The predicted octanol–water partition coefficient (Wildman–Crippen LogP) is 3.92. The number of thioether (sulfide) groups is 1. The summed E-state index contributed by atoms with van der Waals surface area (Å²) in [6, 6.07) is 8.20. The topological polar surface area (TPSA) is 45.2 Å². The number of amides is 1. The van der Waals surface area contributed by atoms with E-state index in [9.17, 15) is 4.79 Å². The second-order valence-corrected chi connectivity index (χ2v) is 7.39. The Hall–Kier alpha value is -1.53. The molecule has 0 bridgehead atoms. The van der Waals surface area contributed by atoms with Crippen molar-refractivity contribution in [1.82, 2.24) is 10.3 Å². The van der Waals surface area contributed by atoms with Crippen molar-refractivity contribution in [2.75, 3.05) is 17.2 Å². The van der Waals surface area contributed by atoms with Crippen molar-refractivity contribution in [2.45, 2.75) is 31.3 Å². The molecule has 6 heteroatoms. The zero-order valence-corrected chi connectivity index (χ0v) is 14.3. The molecule has 0 radical (unpaired) electrons. The fourth-order valence-corrected chi connectivity index (χ4v) is 4.15. The van der Waals surface area contributed by atoms with Gasteiger partial charge in [0, 0.05) is 24.5 Å². The smallest absolute Gasteiger partial charge is 0.261 e. The van der Waals surface area contributed by atoms with E-state index in [1.807, 2.05) is 31.3 Å². The molecule has 1 aliphatic heterocycles. The van der Waals surface area contributed by atoms with Crippen LogP contribution in [-0.4, -0.2) is 29.2 Å². The SMILES string of the molecule is CC[C@@H](C)NC(=O)c1ccc(N2CCSc3ncccc32)s1. The Morgan fingerprint density at radius 2 is 2.32 bits per heavy atom. The zero-order valence-electron chi connectivity index (χ0n) is 12.7. The first-order valence-electron chi connectivity index (χ1n) is 7.45. The summed E-state index contributed by atoms with van der Waals surface area (Å²) in [6.45, 7) is 5.03. The van der Waals surface area contributed by atoms with Crippen LogP contribution in [-0.2, 0) is 0 Å². The van der Waals surface area contributed by atoms with Crippen LogP contribution in [0.3, 0.4) is 0 Å². The Labute approximate surface area is 138 Å². The normalized spacial score (nSPS) is 15.3. The van der Waals surface area contributed by atoms with Crippen LogP contribution in [0.1, 0.15) is 29.9 Å². The Morgan fingerprint density at radius 3 is 3.14 bits per heavy atom. The van der Waals surface area contributed by atoms with E-state index in [2.05, 4.69) is 28.2 Å². The van der Waals surface area contributed by atoms with Gasteiger partial charge in [-0.05, 0) is 37.6 Å². The van der Waals surface area contributed by atoms with Gasteiger partial charge < -0.3 is 10.2 Å². The number of hydrogen-bond acceptors (Lipinski definition) is 5. The third-order valence-electron chi connectivity index (χ3n) is 3.67. The molecule has 2 aromatic rings. The van der Waals surface area contributed by atoms with Crippen molar-refractivity contribution < 1.29 is 4.79 Å². The number of fused-ring (bicyclic) bond motifs is 1. The first-order chi connectivity index (χ1) is 10.7. The van der Waals surface area contributed by atoms with Crippen LogP contribution >= 0.6 is 23.1 Å². The molecule has 2 aromatic heterocycles. The lowest BCUT2D eigenvalue weighted by Gasteiger charge is -2.28. The predicted molar refractivity (Wildman–Crippen MR) is 93.5 cm³/mol. The number of rotatable bonds is 4. The molecule has 3 rings (SSSR count). The molecule has 0 saturated heterocycles. The molecule has 1 N–H and O–H groups in total. The van der Waals surface area contributed by atoms with Crippen LogP contribution < -0.4 is 10.2 Å². The molecule has 0 unspecified atom stereocenters. The molecule has 1 amide bonds. The average Bonchev–Trinajstić information content (AvgIpc) is 3.04. The lowest BCUT2D eigenvalue weighted by atomic mass is 10.2. The van der Waals surface area contributed by atoms with Gasteiger partial charge in [0.1, 0.15) is 5.03 Å². The second kappa shape index (κ2) is 6.71. The molecule has 0 fully saturated rings. The molecule has 3 heterocycles. The van der Waals surface area contributed by atoms with Crippen molar-refractivity contribution in [1.29, 1.82) is 0 Å². The Morgan fingerprint density at radius 1 is 1.45 bits per heavy atom. The summed E-state index contributed by atoms with van der Waals surface area (Å²) >= 11 is 3.32. The van der Waals surface area contributed by atoms with Crippen LogP contribution in [0.5, 0.6) is 0 Å². The molecule has 0 saturated carbocycles. The Balaban J connectivity index is 1.82. The summed E-state index contributed by atoms with van der Waals surface area (Å²) in [5, 5.41) is 5.18. The molecule has 22 heavy (non-hydrogen) atoms. The number of nitrogens with zero attached hydrogens (tertiary/aromatic N) is 2. The van der Waals surface area contributed by atoms with Gasteiger partial charge >= 0.3 is 0 Å². The van der Waals surface area contributed by atoms with Crippen molar-refractivity contribution in [2.24, 2.45) is 0 Å². The van der Waals surface area contributed by atoms with Crippen LogP contribution in [0.4, 0.5) is 10.7 Å². The largest absolute Gasteiger partial charge is 0.349 e. The molecular formula is C16H19N3OS2. The Bertz CT molecular complexity index is 671. The van der Waals surface area contributed by atoms with Gasteiger partial charge in [0.15, 0.2) is 0 Å². The van der Waals surface area contributed by atoms with Gasteiger partial charge in [-0.2, -0.15) is 0 Å². The minimum absolute atomic E-state index is 0.0170. The molecular weight excluding hydrogens is 314 g/mol. The number of pyridine rings is 1. The van der Waals surface area contributed by atoms with Crippen molar-refractivity contribution in [3.8, 4) is 0 Å². The van der Waals surface area contributed by atoms with Gasteiger partial charge in [0.25, 0.3) is 5.91 Å². The van der Waals surface area contributed by atoms with Crippen LogP contribution in [0.2, 0.25) is 0 Å². The van der Waals surface area contributed by atoms with Crippen molar-refractivity contribution in [3.63, 3.8) is 0 Å². The number of aromatic nitrogens is 1. The van der Waals surface area contributed by atoms with Gasteiger partial charge in [0.2, 0.25) is 0 Å². The molecule has 0 aliphatic carbocycles. The van der Waals surface area contributed by atoms with Gasteiger partial charge in [-0.3, -0.25) is 4.79 Å². The summed E-state index contributed by atoms with van der Waals surface area (Å²) in [5.41, 5.74) is 1.13. The van der Waals surface area contributed by atoms with E-state index in [4.69, 9.17) is 0 Å². The number of thiophene rings is 1. The van der Waals surface area contributed by atoms with E-state index in [-0.39, 0.29) is 11.9 Å². The van der Waals surface area contributed by atoms with Gasteiger partial charge in [-0.25, -0.2) is 4.98 Å². The van der Waals surface area contributed by atoms with Gasteiger partial charge in [-0.1, -0.05) is 6.92 Å². The standard InChI is InChI=1S/C16H19N3OS2/c1-3-11(2)18-15(20)13-6-7-14(22-13)19-9-10-21-16-12(19)5-4-8-17-16/h4-8,11H,3,9-10H2,1-2H3,(H,18,20)/t11-/m1/s1. The van der Waals surface area contributed by atoms with Crippen LogP contribution in [0.25, 0.3) is 0 Å². The third kappa shape index (κ3) is 3.13. The fourth-order valence-electron chi connectivity index (χ4n) is 2.27. The average molecular weight is 333 g/mol. The minimum Gasteiger partial charge on any atom is -0.349 e. The van der Waals surface area contributed by atoms with E-state index in [1.54, 1.807) is 23.1 Å². The molecule has 0 spiro atoms. The summed E-state index contributed by atoms with van der Waals surface area (Å²) < 4.78 is 0. The van der Waals surface area contributed by atoms with Crippen molar-refractivity contribution in [3.05, 3.63) is 35.3 Å². The molecule has 116 valence electrons. The number of carbonyl (C=O) groups excluding carboxylic acids is 1. The maximum Gasteiger partial charge on any atom is 0.261 e. The first-order valence-corrected chi connectivity index (χ1v) is 9.25. The number of hydrogen-bond donors (Lipinski definition) is 1. The summed E-state index contributed by atoms with van der Waals surface area (Å²) in [4.78, 5) is 19.7. The van der Waals surface area contributed by atoms with Gasteiger partial charge in [-0.15, -0.1) is 23.1 Å². The van der Waals surface area contributed by atoms with E-state index >= 15 is 0 Å². The fraction of sp³-hybridized carbons (Fsp3) is 0.375. The highest BCUT2D eigenvalue weighted by Gasteiger charge is 2.22. The highest BCUT2D eigenvalue weighted by molar-refractivity contribution is 7.99. The van der Waals surface area contributed by atoms with Crippen LogP contribution in [0, 0.1) is 0 Å². The lowest BCUT2D eigenvalue weighted by Crippen LogP contribution is -2.31. The number of anilines is 2.